The number of unbranched alkanes of at least 4 members (excludes halogenated alkanes) is 15. The molecule has 3 heterocycles. The number of ether oxygens (including phenoxy) is 4. The first-order chi connectivity index (χ1) is 27.5. The second-order valence-corrected chi connectivity index (χ2v) is 17.3. The van der Waals surface area contributed by atoms with Crippen LogP contribution in [-0.2, 0) is 23.1 Å². The molecule has 1 fully saturated rings. The quantitative estimate of drug-likeness (QED) is 0.0482. The van der Waals surface area contributed by atoms with E-state index in [2.05, 4.69) is 23.1 Å². The van der Waals surface area contributed by atoms with E-state index in [0.717, 1.165) is 18.5 Å². The summed E-state index contributed by atoms with van der Waals surface area (Å²) in [5, 5.41) is 13.9. The molecule has 3 aromatic rings. The lowest BCUT2D eigenvalue weighted by atomic mass is 10.0. The molecule has 1 aromatic carbocycles. The van der Waals surface area contributed by atoms with Crippen molar-refractivity contribution in [1.82, 2.24) is 14.6 Å². The third kappa shape index (κ3) is 16.5. The number of hydrogen-bond donors (Lipinski definition) is 2. The maximum Gasteiger partial charge on any atom is 0.472 e. The van der Waals surface area contributed by atoms with Crippen LogP contribution in [0.5, 0.6) is 11.5 Å². The lowest BCUT2D eigenvalue weighted by Crippen LogP contribution is -2.31. The average Bonchev–Trinajstić information content (AvgIpc) is 3.80. The van der Waals surface area contributed by atoms with Crippen LogP contribution in [0, 0.1) is 11.3 Å². The minimum absolute atomic E-state index is 0.126. The van der Waals surface area contributed by atoms with Gasteiger partial charge in [-0.2, -0.15) is 10.4 Å². The Morgan fingerprint density at radius 3 is 2.23 bits per heavy atom. The van der Waals surface area contributed by atoms with Crippen LogP contribution in [0.25, 0.3) is 5.52 Å². The summed E-state index contributed by atoms with van der Waals surface area (Å²) < 4.78 is 50.2. The van der Waals surface area contributed by atoms with E-state index in [1.807, 2.05) is 32.9 Å². The minimum atomic E-state index is -4.52. The molecule has 0 bridgehead atoms. The molecule has 0 spiro atoms. The fourth-order valence-electron chi connectivity index (χ4n) is 7.16. The molecule has 4 rings (SSSR count). The first kappa shape index (κ1) is 46.4. The van der Waals surface area contributed by atoms with Crippen molar-refractivity contribution in [2.24, 2.45) is 0 Å². The number of anilines is 1. The monoisotopic (exact) mass is 813 g/mol. The highest BCUT2D eigenvalue weighted by molar-refractivity contribution is 7.47. The molecule has 57 heavy (non-hydrogen) atoms. The number of aromatic nitrogens is 3. The molecule has 0 saturated carbocycles. The number of phosphoric acid groups is 1. The zero-order valence-electron chi connectivity index (χ0n) is 34.9. The third-order valence-electron chi connectivity index (χ3n) is 10.3. The smallest absolute Gasteiger partial charge is 0.472 e. The van der Waals surface area contributed by atoms with Crippen molar-refractivity contribution < 1.29 is 37.5 Å². The lowest BCUT2D eigenvalue weighted by Gasteiger charge is -2.26. The summed E-state index contributed by atoms with van der Waals surface area (Å²) in [6.07, 6.45) is 22.2. The van der Waals surface area contributed by atoms with Crippen LogP contribution in [0.1, 0.15) is 161 Å². The largest absolute Gasteiger partial charge is 0.489 e. The summed E-state index contributed by atoms with van der Waals surface area (Å²) in [6, 6.07) is 10.8. The number of hydrogen-bond acceptors (Lipinski definition) is 11. The SMILES string of the molecule is CCCCCCCCCCCCCCCCCCOC[C@H](COP(=O)(O)OC[C@]1(C)CC[C@H](c2ccc3c(N)ncnn23)O1)Oc1ccc(C#N)c(OC(C)C)c1. The third-order valence-corrected chi connectivity index (χ3v) is 11.3. The van der Waals surface area contributed by atoms with Gasteiger partial charge >= 0.3 is 7.82 Å². The number of rotatable bonds is 30. The van der Waals surface area contributed by atoms with Gasteiger partial charge in [0.25, 0.3) is 0 Å². The molecule has 1 unspecified atom stereocenters. The highest BCUT2D eigenvalue weighted by Gasteiger charge is 2.40. The maximum absolute atomic E-state index is 13.2. The Hall–Kier alpha value is -3.24. The van der Waals surface area contributed by atoms with Gasteiger partial charge < -0.3 is 29.6 Å². The number of phosphoric ester groups is 1. The molecule has 0 radical (unpaired) electrons. The Morgan fingerprint density at radius 2 is 1.60 bits per heavy atom. The van der Waals surface area contributed by atoms with E-state index in [9.17, 15) is 14.7 Å². The van der Waals surface area contributed by atoms with Gasteiger partial charge in [-0.05, 0) is 64.3 Å². The summed E-state index contributed by atoms with van der Waals surface area (Å²) in [7, 11) is -4.52. The number of nitrogen functional groups attached to an aromatic ring is 1. The molecular weight excluding hydrogens is 745 g/mol. The van der Waals surface area contributed by atoms with E-state index in [1.165, 1.54) is 96.2 Å². The molecule has 13 nitrogen and oxygen atoms in total. The van der Waals surface area contributed by atoms with Gasteiger partial charge in [0, 0.05) is 12.7 Å². The Labute approximate surface area is 340 Å². The number of fused-ring (bicyclic) bond motifs is 1. The zero-order valence-corrected chi connectivity index (χ0v) is 35.8. The number of nitrogens with two attached hydrogens (primary N) is 1. The van der Waals surface area contributed by atoms with Gasteiger partial charge in [-0.1, -0.05) is 103 Å². The van der Waals surface area contributed by atoms with E-state index < -0.39 is 19.5 Å². The molecule has 4 atom stereocenters. The van der Waals surface area contributed by atoms with E-state index in [-0.39, 0.29) is 32.0 Å². The predicted molar refractivity (Wildman–Crippen MR) is 222 cm³/mol. The van der Waals surface area contributed by atoms with Crippen LogP contribution in [0.4, 0.5) is 5.82 Å². The fraction of sp³-hybridized carbons (Fsp3) is 0.698. The van der Waals surface area contributed by atoms with Crippen molar-refractivity contribution >= 4 is 19.2 Å². The lowest BCUT2D eigenvalue weighted by molar-refractivity contribution is -0.0652. The summed E-state index contributed by atoms with van der Waals surface area (Å²) in [6.45, 7) is 8.09. The summed E-state index contributed by atoms with van der Waals surface area (Å²) in [5.74, 6) is 1.18. The van der Waals surface area contributed by atoms with E-state index >= 15 is 0 Å². The zero-order chi connectivity index (χ0) is 40.9. The summed E-state index contributed by atoms with van der Waals surface area (Å²) >= 11 is 0. The van der Waals surface area contributed by atoms with Crippen molar-refractivity contribution in [3.05, 3.63) is 47.9 Å². The molecule has 1 aliphatic heterocycles. The summed E-state index contributed by atoms with van der Waals surface area (Å²) in [5.41, 5.74) is 7.04. The normalized spacial score (nSPS) is 18.5. The van der Waals surface area contributed by atoms with Crippen molar-refractivity contribution in [3.8, 4) is 17.6 Å². The standard InChI is InChI=1S/C43H68N5O8P/c1-5-6-7-8-9-10-11-12-13-14-15-16-17-18-19-20-27-51-30-37(55-36-22-21-35(29-44)41(28-36)54-34(2)3)31-52-57(49,50)53-32-43(4)26-25-40(56-43)38-23-24-39-42(45)46-33-47-48(38)39/h21-24,28,33-34,37,40H,5-20,25-27,30-32H2,1-4H3,(H,49,50)(H2,45,46,47)/t37-,40-,43+/m1/s1. The number of nitrogens with zero attached hydrogens (tertiary/aromatic N) is 4. The summed E-state index contributed by atoms with van der Waals surface area (Å²) in [4.78, 5) is 14.8. The molecule has 0 aliphatic carbocycles. The van der Waals surface area contributed by atoms with Gasteiger partial charge in [-0.3, -0.25) is 9.05 Å². The van der Waals surface area contributed by atoms with Crippen LogP contribution in [0.3, 0.4) is 0 Å². The second-order valence-electron chi connectivity index (χ2n) is 15.9. The Kier molecular flexibility index (Phi) is 20.1. The maximum atomic E-state index is 13.2. The molecule has 0 amide bonds. The Morgan fingerprint density at radius 1 is 0.947 bits per heavy atom. The second kappa shape index (κ2) is 24.6. The molecule has 3 N–H and O–H groups in total. The highest BCUT2D eigenvalue weighted by Crippen LogP contribution is 2.47. The number of benzene rings is 1. The first-order valence-corrected chi connectivity index (χ1v) is 22.8. The molecule has 1 saturated heterocycles. The topological polar surface area (TPSA) is 173 Å². The van der Waals surface area contributed by atoms with Crippen molar-refractivity contribution in [1.29, 1.82) is 5.26 Å². The minimum Gasteiger partial charge on any atom is -0.489 e. The van der Waals surface area contributed by atoms with Gasteiger partial charge in [0.2, 0.25) is 0 Å². The van der Waals surface area contributed by atoms with Crippen LogP contribution in [-0.4, -0.2) is 63.7 Å². The number of nitriles is 1. The molecule has 2 aromatic heterocycles. The first-order valence-electron chi connectivity index (χ1n) is 21.4. The van der Waals surface area contributed by atoms with Gasteiger partial charge in [0.05, 0.1) is 42.8 Å². The average molecular weight is 814 g/mol. The van der Waals surface area contributed by atoms with E-state index in [0.29, 0.717) is 47.8 Å². The van der Waals surface area contributed by atoms with E-state index in [1.54, 1.807) is 22.7 Å². The highest BCUT2D eigenvalue weighted by atomic mass is 31.2. The van der Waals surface area contributed by atoms with Gasteiger partial charge in [0.15, 0.2) is 5.82 Å². The fourth-order valence-corrected chi connectivity index (χ4v) is 8.02. The van der Waals surface area contributed by atoms with Crippen LogP contribution < -0.4 is 15.2 Å². The van der Waals surface area contributed by atoms with E-state index in [4.69, 9.17) is 33.7 Å². The Bertz CT molecular complexity index is 1700. The van der Waals surface area contributed by atoms with Gasteiger partial charge in [0.1, 0.15) is 41.6 Å². The van der Waals surface area contributed by atoms with Crippen LogP contribution in [0.2, 0.25) is 0 Å². The van der Waals surface area contributed by atoms with Crippen LogP contribution in [0.15, 0.2) is 36.7 Å². The molecule has 318 valence electrons. The molecular formula is C43H68N5O8P. The van der Waals surface area contributed by atoms with Crippen LogP contribution >= 0.6 is 7.82 Å². The van der Waals surface area contributed by atoms with Gasteiger partial charge in [-0.25, -0.2) is 14.1 Å². The molecule has 14 heteroatoms. The Balaban J connectivity index is 1.19. The predicted octanol–water partition coefficient (Wildman–Crippen LogP) is 10.4. The van der Waals surface area contributed by atoms with Crippen molar-refractivity contribution in [2.75, 3.05) is 32.2 Å². The van der Waals surface area contributed by atoms with Gasteiger partial charge in [-0.15, -0.1) is 0 Å². The van der Waals surface area contributed by atoms with Crippen molar-refractivity contribution in [2.45, 2.75) is 167 Å². The van der Waals surface area contributed by atoms with Crippen molar-refractivity contribution in [3.63, 3.8) is 0 Å². The molecule has 1 aliphatic rings.